The van der Waals surface area contributed by atoms with E-state index >= 15 is 0 Å². The van der Waals surface area contributed by atoms with Crippen LogP contribution in [0.5, 0.6) is 5.75 Å². The van der Waals surface area contributed by atoms with Crippen LogP contribution in [-0.2, 0) is 0 Å². The third-order valence-electron chi connectivity index (χ3n) is 5.33. The number of phenolic OH excluding ortho intramolecular Hbond substituents is 1. The van der Waals surface area contributed by atoms with Crippen LogP contribution in [-0.4, -0.2) is 5.11 Å². The van der Waals surface area contributed by atoms with Crippen molar-refractivity contribution < 1.29 is 6.53 Å². The largest absolute Gasteiger partial charge is 0.508 e. The molecule has 1 aromatic rings. The Balaban J connectivity index is 0.00000170. The summed E-state index contributed by atoms with van der Waals surface area (Å²) in [6.07, 6.45) is 11.2. The molecule has 1 fully saturated rings. The van der Waals surface area contributed by atoms with Gasteiger partial charge in [0.1, 0.15) is 5.75 Å². The van der Waals surface area contributed by atoms with Crippen molar-refractivity contribution in [3.8, 4) is 5.75 Å². The lowest BCUT2D eigenvalue weighted by molar-refractivity contribution is 0.280. The summed E-state index contributed by atoms with van der Waals surface area (Å²) in [4.78, 5) is 0. The first-order valence-electron chi connectivity index (χ1n) is 9.89. The predicted octanol–water partition coefficient (Wildman–Crippen LogP) is 7.46. The molecule has 23 heavy (non-hydrogen) atoms. The molecule has 1 unspecified atom stereocenters. The van der Waals surface area contributed by atoms with E-state index in [0.717, 1.165) is 17.4 Å². The zero-order valence-corrected chi connectivity index (χ0v) is 16.1. The van der Waals surface area contributed by atoms with Gasteiger partial charge in [-0.3, -0.25) is 0 Å². The first kappa shape index (κ1) is 20.1. The van der Waals surface area contributed by atoms with Crippen molar-refractivity contribution in [3.05, 3.63) is 29.3 Å². The van der Waals surface area contributed by atoms with Gasteiger partial charge in [0.25, 0.3) is 0 Å². The van der Waals surface area contributed by atoms with Crippen LogP contribution >= 0.6 is 0 Å². The molecule has 1 N–H and O–H groups in total. The van der Waals surface area contributed by atoms with Crippen LogP contribution in [0.1, 0.15) is 97.5 Å². The molecule has 134 valence electrons. The average Bonchev–Trinajstić information content (AvgIpc) is 2.58. The third-order valence-corrected chi connectivity index (χ3v) is 5.33. The standard InChI is InChI=1S/C20H32O.C2H6.H2/c1-4-18(19-10-11-20(21)16(3)14-19)13-15(2)12-17-8-6-5-7-9-17;1-2;/h10-11,14-15,17-18,21H,4-9,12-13H2,1-3H3;1-2H3;1H/t15-,18?;;/m0../s1. The van der Waals surface area contributed by atoms with E-state index in [9.17, 15) is 5.11 Å². The average molecular weight is 321 g/mol. The maximum Gasteiger partial charge on any atom is 0.118 e. The van der Waals surface area contributed by atoms with Crippen LogP contribution in [0.3, 0.4) is 0 Å². The molecule has 1 saturated carbocycles. The highest BCUT2D eigenvalue weighted by Gasteiger charge is 2.20. The van der Waals surface area contributed by atoms with E-state index in [1.807, 2.05) is 26.8 Å². The van der Waals surface area contributed by atoms with Gasteiger partial charge in [0.05, 0.1) is 0 Å². The van der Waals surface area contributed by atoms with Crippen LogP contribution in [0.4, 0.5) is 0 Å². The van der Waals surface area contributed by atoms with Crippen LogP contribution in [0, 0.1) is 18.8 Å². The topological polar surface area (TPSA) is 20.2 Å². The Bertz CT molecular complexity index is 438. The number of aromatic hydroxyl groups is 1. The molecule has 0 aliphatic heterocycles. The van der Waals surface area contributed by atoms with Gasteiger partial charge in [-0.15, -0.1) is 0 Å². The molecular weight excluding hydrogens is 280 g/mol. The molecule has 2 rings (SSSR count). The summed E-state index contributed by atoms with van der Waals surface area (Å²) in [7, 11) is 0. The summed E-state index contributed by atoms with van der Waals surface area (Å²) < 4.78 is 0. The van der Waals surface area contributed by atoms with Gasteiger partial charge in [-0.2, -0.15) is 0 Å². The SMILES string of the molecule is CC.CCC(C[C@@H](C)CC1CCCCC1)c1ccc(O)c(C)c1.[HH]. The second-order valence-corrected chi connectivity index (χ2v) is 7.23. The molecule has 0 heterocycles. The van der Waals surface area contributed by atoms with E-state index < -0.39 is 0 Å². The maximum atomic E-state index is 9.70. The zero-order chi connectivity index (χ0) is 17.2. The van der Waals surface area contributed by atoms with Gasteiger partial charge in [-0.05, 0) is 61.1 Å². The summed E-state index contributed by atoms with van der Waals surface area (Å²) in [5.41, 5.74) is 2.41. The van der Waals surface area contributed by atoms with Crippen molar-refractivity contribution in [1.29, 1.82) is 0 Å². The number of hydrogen-bond donors (Lipinski definition) is 1. The molecule has 0 spiro atoms. The summed E-state index contributed by atoms with van der Waals surface area (Å²) in [5.74, 6) is 2.85. The van der Waals surface area contributed by atoms with Crippen molar-refractivity contribution >= 4 is 0 Å². The Morgan fingerprint density at radius 1 is 1.17 bits per heavy atom. The molecule has 0 aromatic heterocycles. The van der Waals surface area contributed by atoms with E-state index in [4.69, 9.17) is 0 Å². The lowest BCUT2D eigenvalue weighted by atomic mass is 9.79. The Hall–Kier alpha value is -0.980. The number of phenols is 1. The molecule has 0 amide bonds. The minimum Gasteiger partial charge on any atom is -0.508 e. The Kier molecular flexibility index (Phi) is 9.36. The second-order valence-electron chi connectivity index (χ2n) is 7.23. The minimum atomic E-state index is 0. The molecule has 1 aromatic carbocycles. The fraction of sp³-hybridized carbons (Fsp3) is 0.727. The van der Waals surface area contributed by atoms with Gasteiger partial charge in [-0.25, -0.2) is 0 Å². The molecule has 0 saturated heterocycles. The molecular formula is C22H40O. The Morgan fingerprint density at radius 2 is 1.83 bits per heavy atom. The molecule has 0 bridgehead atoms. The fourth-order valence-corrected chi connectivity index (χ4v) is 4.04. The molecule has 1 aliphatic carbocycles. The summed E-state index contributed by atoms with van der Waals surface area (Å²) in [6, 6.07) is 6.15. The third kappa shape index (κ3) is 6.57. The van der Waals surface area contributed by atoms with E-state index in [0.29, 0.717) is 11.7 Å². The summed E-state index contributed by atoms with van der Waals surface area (Å²) in [5, 5.41) is 9.70. The number of benzene rings is 1. The monoisotopic (exact) mass is 320 g/mol. The predicted molar refractivity (Wildman–Crippen MR) is 104 cm³/mol. The maximum absolute atomic E-state index is 9.70. The quantitative estimate of drug-likeness (QED) is 0.576. The minimum absolute atomic E-state index is 0. The first-order valence-corrected chi connectivity index (χ1v) is 9.89. The lowest BCUT2D eigenvalue weighted by Gasteiger charge is -2.27. The van der Waals surface area contributed by atoms with Gasteiger partial charge in [0.2, 0.25) is 0 Å². The second kappa shape index (κ2) is 10.7. The van der Waals surface area contributed by atoms with Crippen LogP contribution in [0.15, 0.2) is 18.2 Å². The van der Waals surface area contributed by atoms with E-state index in [2.05, 4.69) is 26.0 Å². The lowest BCUT2D eigenvalue weighted by Crippen LogP contribution is -2.13. The van der Waals surface area contributed by atoms with Crippen molar-refractivity contribution in [2.45, 2.75) is 91.9 Å². The van der Waals surface area contributed by atoms with Crippen molar-refractivity contribution in [2.24, 2.45) is 11.8 Å². The van der Waals surface area contributed by atoms with Gasteiger partial charge < -0.3 is 5.11 Å². The normalized spacial score (nSPS) is 18.0. The van der Waals surface area contributed by atoms with Gasteiger partial charge in [-0.1, -0.05) is 71.9 Å². The Morgan fingerprint density at radius 3 is 2.39 bits per heavy atom. The van der Waals surface area contributed by atoms with E-state index in [-0.39, 0.29) is 1.43 Å². The number of hydrogen-bond acceptors (Lipinski definition) is 1. The molecule has 1 heteroatoms. The smallest absolute Gasteiger partial charge is 0.118 e. The molecule has 1 aliphatic rings. The van der Waals surface area contributed by atoms with Crippen LogP contribution < -0.4 is 0 Å². The van der Waals surface area contributed by atoms with Crippen molar-refractivity contribution in [3.63, 3.8) is 0 Å². The Labute approximate surface area is 146 Å². The van der Waals surface area contributed by atoms with Crippen molar-refractivity contribution in [2.75, 3.05) is 0 Å². The molecule has 1 nitrogen and oxygen atoms in total. The van der Waals surface area contributed by atoms with Crippen LogP contribution in [0.25, 0.3) is 0 Å². The van der Waals surface area contributed by atoms with Crippen molar-refractivity contribution in [1.82, 2.24) is 0 Å². The van der Waals surface area contributed by atoms with E-state index in [1.54, 1.807) is 0 Å². The highest BCUT2D eigenvalue weighted by atomic mass is 16.3. The summed E-state index contributed by atoms with van der Waals surface area (Å²) in [6.45, 7) is 10.7. The van der Waals surface area contributed by atoms with Crippen LogP contribution in [0.2, 0.25) is 0 Å². The van der Waals surface area contributed by atoms with E-state index in [1.165, 1.54) is 56.9 Å². The van der Waals surface area contributed by atoms with Gasteiger partial charge in [0.15, 0.2) is 0 Å². The number of aryl methyl sites for hydroxylation is 1. The molecule has 0 radical (unpaired) electrons. The zero-order valence-electron chi connectivity index (χ0n) is 16.1. The highest BCUT2D eigenvalue weighted by molar-refractivity contribution is 5.36. The fourth-order valence-electron chi connectivity index (χ4n) is 4.04. The van der Waals surface area contributed by atoms with Gasteiger partial charge >= 0.3 is 0 Å². The number of rotatable bonds is 6. The van der Waals surface area contributed by atoms with Gasteiger partial charge in [0, 0.05) is 1.43 Å². The molecule has 2 atom stereocenters. The first-order chi connectivity index (χ1) is 11.1. The highest BCUT2D eigenvalue weighted by Crippen LogP contribution is 2.35. The summed E-state index contributed by atoms with van der Waals surface area (Å²) >= 11 is 0.